The molecule has 0 N–H and O–H groups in total. The quantitative estimate of drug-likeness (QED) is 0.580. The third-order valence-corrected chi connectivity index (χ3v) is 3.75. The van der Waals surface area contributed by atoms with Crippen LogP contribution in [0, 0.1) is 5.41 Å². The van der Waals surface area contributed by atoms with Gasteiger partial charge in [0.15, 0.2) is 0 Å². The SMILES string of the molecule is CCC1=CC=CC(C)(C)C=C1CC.CCCN(C)CCC. The van der Waals surface area contributed by atoms with Gasteiger partial charge in [0.1, 0.15) is 0 Å². The molecule has 0 aromatic rings. The van der Waals surface area contributed by atoms with Crippen LogP contribution in [0.3, 0.4) is 0 Å². The van der Waals surface area contributed by atoms with E-state index in [4.69, 9.17) is 0 Å². The molecular weight excluding hydrogens is 254 g/mol. The van der Waals surface area contributed by atoms with Crippen LogP contribution >= 0.6 is 0 Å². The average Bonchev–Trinajstić information content (AvgIpc) is 2.57. The van der Waals surface area contributed by atoms with Crippen molar-refractivity contribution in [3.63, 3.8) is 0 Å². The minimum atomic E-state index is 0.221. The van der Waals surface area contributed by atoms with Gasteiger partial charge in [0.25, 0.3) is 0 Å². The van der Waals surface area contributed by atoms with Gasteiger partial charge >= 0.3 is 0 Å². The highest BCUT2D eigenvalue weighted by Crippen LogP contribution is 2.29. The Hall–Kier alpha value is -0.820. The third-order valence-electron chi connectivity index (χ3n) is 3.75. The van der Waals surface area contributed by atoms with Crippen molar-refractivity contribution in [1.29, 1.82) is 0 Å². The molecule has 0 atom stereocenters. The Labute approximate surface area is 133 Å². The zero-order valence-corrected chi connectivity index (χ0v) is 15.5. The molecule has 0 aromatic carbocycles. The van der Waals surface area contributed by atoms with Gasteiger partial charge in [-0.05, 0) is 57.0 Å². The van der Waals surface area contributed by atoms with Gasteiger partial charge in [-0.2, -0.15) is 0 Å². The lowest BCUT2D eigenvalue weighted by Gasteiger charge is -2.16. The molecule has 0 radical (unpaired) electrons. The van der Waals surface area contributed by atoms with Crippen LogP contribution in [0.5, 0.6) is 0 Å². The normalized spacial score (nSPS) is 16.8. The van der Waals surface area contributed by atoms with Gasteiger partial charge in [-0.15, -0.1) is 0 Å². The molecule has 0 saturated carbocycles. The van der Waals surface area contributed by atoms with Crippen molar-refractivity contribution in [1.82, 2.24) is 4.90 Å². The minimum Gasteiger partial charge on any atom is -0.306 e. The molecule has 1 aliphatic rings. The van der Waals surface area contributed by atoms with Crippen molar-refractivity contribution < 1.29 is 0 Å². The summed E-state index contributed by atoms with van der Waals surface area (Å²) in [4.78, 5) is 2.36. The summed E-state index contributed by atoms with van der Waals surface area (Å²) in [7, 11) is 2.17. The van der Waals surface area contributed by atoms with Crippen LogP contribution in [-0.4, -0.2) is 25.0 Å². The molecule has 0 aromatic heterocycles. The highest BCUT2D eigenvalue weighted by Gasteiger charge is 2.14. The second-order valence-corrected chi connectivity index (χ2v) is 6.55. The van der Waals surface area contributed by atoms with Crippen molar-refractivity contribution in [2.45, 2.75) is 67.2 Å². The van der Waals surface area contributed by atoms with Crippen molar-refractivity contribution in [3.8, 4) is 0 Å². The van der Waals surface area contributed by atoms with Crippen molar-refractivity contribution >= 4 is 0 Å². The Balaban J connectivity index is 0.000000433. The molecule has 0 amide bonds. The Morgan fingerprint density at radius 3 is 1.86 bits per heavy atom. The maximum Gasteiger partial charge on any atom is 0.00134 e. The summed E-state index contributed by atoms with van der Waals surface area (Å²) in [5.41, 5.74) is 3.22. The van der Waals surface area contributed by atoms with Crippen LogP contribution in [0.25, 0.3) is 0 Å². The fourth-order valence-corrected chi connectivity index (χ4v) is 2.66. The van der Waals surface area contributed by atoms with Gasteiger partial charge in [-0.1, -0.05) is 65.8 Å². The van der Waals surface area contributed by atoms with Crippen LogP contribution < -0.4 is 0 Å². The summed E-state index contributed by atoms with van der Waals surface area (Å²) in [5, 5.41) is 0. The first-order valence-corrected chi connectivity index (χ1v) is 8.69. The van der Waals surface area contributed by atoms with E-state index in [-0.39, 0.29) is 5.41 Å². The van der Waals surface area contributed by atoms with E-state index in [1.165, 1.54) is 37.1 Å². The molecule has 0 unspecified atom stereocenters. The summed E-state index contributed by atoms with van der Waals surface area (Å²) in [6, 6.07) is 0. The van der Waals surface area contributed by atoms with Crippen LogP contribution in [0.1, 0.15) is 67.2 Å². The molecule has 1 nitrogen and oxygen atoms in total. The summed E-state index contributed by atoms with van der Waals surface area (Å²) in [5.74, 6) is 0. The Morgan fingerprint density at radius 1 is 0.905 bits per heavy atom. The minimum absolute atomic E-state index is 0.221. The van der Waals surface area contributed by atoms with E-state index in [1.807, 2.05) is 0 Å². The fourth-order valence-electron chi connectivity index (χ4n) is 2.66. The zero-order chi connectivity index (χ0) is 16.3. The molecule has 0 saturated heterocycles. The van der Waals surface area contributed by atoms with E-state index >= 15 is 0 Å². The zero-order valence-electron chi connectivity index (χ0n) is 15.5. The molecule has 0 spiro atoms. The number of allylic oxidation sites excluding steroid dienone is 6. The van der Waals surface area contributed by atoms with Crippen LogP contribution in [0.4, 0.5) is 0 Å². The summed E-state index contributed by atoms with van der Waals surface area (Å²) in [6.45, 7) is 15.9. The van der Waals surface area contributed by atoms with E-state index in [0.29, 0.717) is 0 Å². The Kier molecular flexibility index (Phi) is 10.4. The second kappa shape index (κ2) is 10.8. The molecular formula is C20H37N. The van der Waals surface area contributed by atoms with E-state index in [1.54, 1.807) is 0 Å². The lowest BCUT2D eigenvalue weighted by atomic mass is 9.89. The highest BCUT2D eigenvalue weighted by atomic mass is 15.1. The van der Waals surface area contributed by atoms with Gasteiger partial charge in [0.2, 0.25) is 0 Å². The molecule has 1 aliphatic carbocycles. The van der Waals surface area contributed by atoms with Crippen LogP contribution in [0.2, 0.25) is 0 Å². The first-order chi connectivity index (χ1) is 9.90. The summed E-state index contributed by atoms with van der Waals surface area (Å²) >= 11 is 0. The molecule has 0 aliphatic heterocycles. The first kappa shape index (κ1) is 20.2. The second-order valence-electron chi connectivity index (χ2n) is 6.55. The topological polar surface area (TPSA) is 3.24 Å². The Morgan fingerprint density at radius 2 is 1.43 bits per heavy atom. The predicted octanol–water partition coefficient (Wildman–Crippen LogP) is 5.99. The van der Waals surface area contributed by atoms with Crippen molar-refractivity contribution in [2.24, 2.45) is 5.41 Å². The third kappa shape index (κ3) is 8.93. The molecule has 0 heterocycles. The maximum atomic E-state index is 2.39. The number of hydrogen-bond acceptors (Lipinski definition) is 1. The van der Waals surface area contributed by atoms with Gasteiger partial charge < -0.3 is 4.90 Å². The molecule has 21 heavy (non-hydrogen) atoms. The highest BCUT2D eigenvalue weighted by molar-refractivity contribution is 5.38. The predicted molar refractivity (Wildman–Crippen MR) is 97.7 cm³/mol. The molecule has 122 valence electrons. The van der Waals surface area contributed by atoms with Crippen molar-refractivity contribution in [3.05, 3.63) is 35.5 Å². The van der Waals surface area contributed by atoms with E-state index in [0.717, 1.165) is 12.8 Å². The average molecular weight is 292 g/mol. The number of hydrogen-bond donors (Lipinski definition) is 0. The molecule has 1 rings (SSSR count). The molecule has 0 fully saturated rings. The van der Waals surface area contributed by atoms with Crippen LogP contribution in [-0.2, 0) is 0 Å². The van der Waals surface area contributed by atoms with E-state index in [2.05, 4.69) is 77.8 Å². The molecule has 1 heteroatoms. The van der Waals surface area contributed by atoms with E-state index in [9.17, 15) is 0 Å². The summed E-state index contributed by atoms with van der Waals surface area (Å²) in [6.07, 6.45) is 13.9. The van der Waals surface area contributed by atoms with Gasteiger partial charge in [-0.25, -0.2) is 0 Å². The first-order valence-electron chi connectivity index (χ1n) is 8.69. The fraction of sp³-hybridized carbons (Fsp3) is 0.700. The monoisotopic (exact) mass is 291 g/mol. The lowest BCUT2D eigenvalue weighted by Crippen LogP contribution is -2.19. The summed E-state index contributed by atoms with van der Waals surface area (Å²) < 4.78 is 0. The van der Waals surface area contributed by atoms with Gasteiger partial charge in [0.05, 0.1) is 0 Å². The number of nitrogens with zero attached hydrogens (tertiary/aromatic N) is 1. The number of rotatable bonds is 6. The smallest absolute Gasteiger partial charge is 0.00134 e. The molecule has 0 bridgehead atoms. The largest absolute Gasteiger partial charge is 0.306 e. The van der Waals surface area contributed by atoms with E-state index < -0.39 is 0 Å². The van der Waals surface area contributed by atoms with Crippen molar-refractivity contribution in [2.75, 3.05) is 20.1 Å². The standard InChI is InChI=1S/C13H20.C7H17N/c1-5-11-8-7-9-13(3,4)10-12(11)6-2;1-4-6-8(3)7-5-2/h7-10H,5-6H2,1-4H3;4-7H2,1-3H3. The van der Waals surface area contributed by atoms with Gasteiger partial charge in [0, 0.05) is 5.41 Å². The maximum absolute atomic E-state index is 2.39. The Bertz CT molecular complexity index is 352. The lowest BCUT2D eigenvalue weighted by molar-refractivity contribution is 0.335. The van der Waals surface area contributed by atoms with Crippen LogP contribution in [0.15, 0.2) is 35.5 Å². The van der Waals surface area contributed by atoms with Gasteiger partial charge in [-0.3, -0.25) is 0 Å².